The van der Waals surface area contributed by atoms with Gasteiger partial charge in [0, 0.05) is 5.41 Å². The molecule has 0 bridgehead atoms. The number of rotatable bonds is 2. The Morgan fingerprint density at radius 2 is 1.66 bits per heavy atom. The molecule has 5 aliphatic carbocycles. The molecule has 0 aromatic rings. The second kappa shape index (κ2) is 7.82. The van der Waals surface area contributed by atoms with E-state index in [1.807, 2.05) is 0 Å². The summed E-state index contributed by atoms with van der Waals surface area (Å²) in [6.07, 6.45) is 12.8. The van der Waals surface area contributed by atoms with Crippen molar-refractivity contribution in [3.8, 4) is 0 Å². The summed E-state index contributed by atoms with van der Waals surface area (Å²) in [4.78, 5) is 12.8. The van der Waals surface area contributed by atoms with E-state index in [1.54, 1.807) is 5.57 Å². The minimum atomic E-state index is -0.408. The predicted molar refractivity (Wildman–Crippen MR) is 138 cm³/mol. The van der Waals surface area contributed by atoms with Crippen LogP contribution < -0.4 is 0 Å². The molecule has 198 valence electrons. The Balaban J connectivity index is 1.56. The Labute approximate surface area is 213 Å². The molecular weight excluding hydrogens is 436 g/mol. The Morgan fingerprint density at radius 1 is 0.971 bits per heavy atom. The fraction of sp³-hybridized carbons (Fsp3) is 0.903. The molecule has 5 rings (SSSR count). The second-order valence-corrected chi connectivity index (χ2v) is 15.0. The molecule has 4 fully saturated rings. The third-order valence-electron chi connectivity index (χ3n) is 13.6. The van der Waals surface area contributed by atoms with Crippen molar-refractivity contribution in [1.29, 1.82) is 0 Å². The van der Waals surface area contributed by atoms with Crippen molar-refractivity contribution in [2.45, 2.75) is 112 Å². The fourth-order valence-electron chi connectivity index (χ4n) is 10.8. The van der Waals surface area contributed by atoms with Gasteiger partial charge < -0.3 is 14.9 Å². The molecule has 4 saturated carbocycles. The Hall–Kier alpha value is -0.870. The van der Waals surface area contributed by atoms with E-state index in [4.69, 9.17) is 4.74 Å². The molecule has 10 atom stereocenters. The summed E-state index contributed by atoms with van der Waals surface area (Å²) >= 11 is 0. The fourth-order valence-corrected chi connectivity index (χ4v) is 10.8. The first-order chi connectivity index (χ1) is 16.2. The van der Waals surface area contributed by atoms with Crippen LogP contribution in [0.25, 0.3) is 0 Å². The third-order valence-corrected chi connectivity index (χ3v) is 13.6. The van der Waals surface area contributed by atoms with Gasteiger partial charge in [-0.1, -0.05) is 46.3 Å². The summed E-state index contributed by atoms with van der Waals surface area (Å²) in [6, 6.07) is 0. The third kappa shape index (κ3) is 3.14. The maximum Gasteiger partial charge on any atom is 0.311 e. The van der Waals surface area contributed by atoms with Crippen LogP contribution in [0.4, 0.5) is 0 Å². The number of fused-ring (bicyclic) bond motifs is 7. The van der Waals surface area contributed by atoms with Crippen molar-refractivity contribution in [3.63, 3.8) is 0 Å². The van der Waals surface area contributed by atoms with E-state index in [2.05, 4.69) is 47.6 Å². The SMILES string of the molecule is COC(=O)[C@@]1(C)CC[C@]2(C)CC[C@]3(C)C(=CC[C@@H]4[C@@]5(C)CC[C@H](O)[C@](C)(CO)[C@@H]5CC[C@]43C)[C@@H]2C1. The van der Waals surface area contributed by atoms with Crippen LogP contribution in [0.2, 0.25) is 0 Å². The first-order valence-electron chi connectivity index (χ1n) is 14.3. The van der Waals surface area contributed by atoms with Crippen LogP contribution >= 0.6 is 0 Å². The van der Waals surface area contributed by atoms with Gasteiger partial charge in [-0.25, -0.2) is 0 Å². The summed E-state index contributed by atoms with van der Waals surface area (Å²) < 4.78 is 5.28. The number of esters is 1. The predicted octanol–water partition coefficient (Wildman–Crippen LogP) is 6.29. The van der Waals surface area contributed by atoms with Gasteiger partial charge in [0.2, 0.25) is 0 Å². The van der Waals surface area contributed by atoms with Crippen LogP contribution in [0.5, 0.6) is 0 Å². The van der Waals surface area contributed by atoms with E-state index in [0.29, 0.717) is 17.8 Å². The number of methoxy groups -OCH3 is 1. The van der Waals surface area contributed by atoms with Gasteiger partial charge in [0.25, 0.3) is 0 Å². The highest BCUT2D eigenvalue weighted by Gasteiger charge is 2.68. The average molecular weight is 487 g/mol. The van der Waals surface area contributed by atoms with Gasteiger partial charge in [0.1, 0.15) is 0 Å². The normalized spacial score (nSPS) is 55.5. The first-order valence-corrected chi connectivity index (χ1v) is 14.3. The number of hydrogen-bond donors (Lipinski definition) is 2. The van der Waals surface area contributed by atoms with Crippen LogP contribution in [-0.2, 0) is 9.53 Å². The number of carbonyl (C=O) groups excluding carboxylic acids is 1. The van der Waals surface area contributed by atoms with Crippen LogP contribution in [0.3, 0.4) is 0 Å². The van der Waals surface area contributed by atoms with Gasteiger partial charge in [0.05, 0.1) is 25.2 Å². The second-order valence-electron chi connectivity index (χ2n) is 15.0. The van der Waals surface area contributed by atoms with Gasteiger partial charge in [-0.3, -0.25) is 4.79 Å². The molecular formula is C31H50O4. The molecule has 0 spiro atoms. The topological polar surface area (TPSA) is 66.8 Å². The zero-order valence-electron chi connectivity index (χ0n) is 23.4. The summed E-state index contributed by atoms with van der Waals surface area (Å²) in [5, 5.41) is 21.4. The molecule has 5 aliphatic rings. The standard InChI is InChI=1S/C31H50O4/c1-26-14-15-27(2,25(34)35-7)18-21(26)20-8-9-23-28(3)12-11-24(33)29(4,19-32)22(28)10-13-31(23,6)30(20,5)17-16-26/h8,21-24,32-33H,9-19H2,1-7H3/t21-,22+,23+,24-,26+,27-,28-,29+,30+,31+/m0/s1. The minimum Gasteiger partial charge on any atom is -0.469 e. The molecule has 2 N–H and O–H groups in total. The molecule has 0 aliphatic heterocycles. The Bertz CT molecular complexity index is 927. The zero-order chi connectivity index (χ0) is 25.7. The lowest BCUT2D eigenvalue weighted by atomic mass is 9.33. The first kappa shape index (κ1) is 25.8. The lowest BCUT2D eigenvalue weighted by Gasteiger charge is -2.71. The van der Waals surface area contributed by atoms with Crippen LogP contribution in [0.15, 0.2) is 11.6 Å². The highest BCUT2D eigenvalue weighted by molar-refractivity contribution is 5.76. The van der Waals surface area contributed by atoms with E-state index in [1.165, 1.54) is 20.0 Å². The van der Waals surface area contributed by atoms with Crippen LogP contribution in [0, 0.1) is 50.2 Å². The zero-order valence-corrected chi connectivity index (χ0v) is 23.4. The van der Waals surface area contributed by atoms with Crippen molar-refractivity contribution in [2.75, 3.05) is 13.7 Å². The van der Waals surface area contributed by atoms with E-state index in [0.717, 1.165) is 51.4 Å². The summed E-state index contributed by atoms with van der Waals surface area (Å²) in [5.74, 6) is 1.31. The van der Waals surface area contributed by atoms with Crippen molar-refractivity contribution < 1.29 is 19.7 Å². The van der Waals surface area contributed by atoms with E-state index < -0.39 is 11.5 Å². The van der Waals surface area contributed by atoms with Crippen molar-refractivity contribution in [3.05, 3.63) is 11.6 Å². The van der Waals surface area contributed by atoms with Gasteiger partial charge in [0.15, 0.2) is 0 Å². The summed E-state index contributed by atoms with van der Waals surface area (Å²) in [6.45, 7) is 14.5. The van der Waals surface area contributed by atoms with E-state index >= 15 is 0 Å². The molecule has 35 heavy (non-hydrogen) atoms. The highest BCUT2D eigenvalue weighted by Crippen LogP contribution is 2.75. The maximum atomic E-state index is 12.8. The molecule has 0 unspecified atom stereocenters. The Kier molecular flexibility index (Phi) is 5.76. The number of allylic oxidation sites excluding steroid dienone is 2. The Morgan fingerprint density at radius 3 is 2.31 bits per heavy atom. The molecule has 4 nitrogen and oxygen atoms in total. The van der Waals surface area contributed by atoms with Crippen LogP contribution in [0.1, 0.15) is 106 Å². The lowest BCUT2D eigenvalue weighted by molar-refractivity contribution is -0.215. The molecule has 0 radical (unpaired) electrons. The number of aliphatic hydroxyl groups is 2. The maximum absolute atomic E-state index is 12.8. The van der Waals surface area contributed by atoms with Gasteiger partial charge >= 0.3 is 5.97 Å². The number of aliphatic hydroxyl groups excluding tert-OH is 2. The molecule has 0 amide bonds. The molecule has 0 aromatic carbocycles. The van der Waals surface area contributed by atoms with E-state index in [-0.39, 0.29) is 39.7 Å². The highest BCUT2D eigenvalue weighted by atomic mass is 16.5. The van der Waals surface area contributed by atoms with Crippen molar-refractivity contribution in [2.24, 2.45) is 50.2 Å². The van der Waals surface area contributed by atoms with Gasteiger partial charge in [-0.05, 0) is 111 Å². The lowest BCUT2D eigenvalue weighted by Crippen LogP contribution is -2.65. The van der Waals surface area contributed by atoms with Crippen molar-refractivity contribution >= 4 is 5.97 Å². The van der Waals surface area contributed by atoms with Gasteiger partial charge in [-0.2, -0.15) is 0 Å². The minimum absolute atomic E-state index is 0.0376. The largest absolute Gasteiger partial charge is 0.469 e. The van der Waals surface area contributed by atoms with E-state index in [9.17, 15) is 15.0 Å². The number of ether oxygens (including phenoxy) is 1. The quantitative estimate of drug-likeness (QED) is 0.355. The average Bonchev–Trinajstić information content (AvgIpc) is 2.82. The molecule has 0 saturated heterocycles. The number of hydrogen-bond acceptors (Lipinski definition) is 4. The summed E-state index contributed by atoms with van der Waals surface area (Å²) in [7, 11) is 1.54. The summed E-state index contributed by atoms with van der Waals surface area (Å²) in [5.41, 5.74) is 1.58. The smallest absolute Gasteiger partial charge is 0.311 e. The monoisotopic (exact) mass is 486 g/mol. The van der Waals surface area contributed by atoms with Crippen LogP contribution in [-0.4, -0.2) is 36.0 Å². The molecule has 4 heteroatoms. The molecule has 0 heterocycles. The molecule has 0 aromatic heterocycles. The van der Waals surface area contributed by atoms with Crippen molar-refractivity contribution in [1.82, 2.24) is 0 Å². The van der Waals surface area contributed by atoms with Gasteiger partial charge in [-0.15, -0.1) is 0 Å². The number of carbonyl (C=O) groups is 1.